The fourth-order valence-electron chi connectivity index (χ4n) is 2.94. The molecule has 0 aliphatic heterocycles. The molecule has 0 bridgehead atoms. The van der Waals surface area contributed by atoms with Crippen molar-refractivity contribution in [1.82, 2.24) is 4.98 Å². The fraction of sp³-hybridized carbons (Fsp3) is 0.105. The molecule has 0 saturated carbocycles. The Bertz CT molecular complexity index is 1020. The number of rotatable bonds is 1. The molecule has 1 aliphatic rings. The Morgan fingerprint density at radius 2 is 1.88 bits per heavy atom. The molecule has 0 saturated heterocycles. The summed E-state index contributed by atoms with van der Waals surface area (Å²) in [7, 11) is 0. The highest BCUT2D eigenvalue weighted by Crippen LogP contribution is 2.44. The molecule has 0 unspecified atom stereocenters. The quantitative estimate of drug-likeness (QED) is 0.866. The van der Waals surface area contributed by atoms with Gasteiger partial charge in [0.1, 0.15) is 23.8 Å². The summed E-state index contributed by atoms with van der Waals surface area (Å²) >= 11 is 0. The highest BCUT2D eigenvalue weighted by atomic mass is 19.1. The lowest BCUT2D eigenvalue weighted by atomic mass is 9.95. The number of allylic oxidation sites excluding steroid dienone is 3. The Kier molecular flexibility index (Phi) is 3.63. The van der Waals surface area contributed by atoms with Gasteiger partial charge in [-0.1, -0.05) is 18.2 Å². The second kappa shape index (κ2) is 5.64. The van der Waals surface area contributed by atoms with E-state index < -0.39 is 0 Å². The topological polar surface area (TPSA) is 86.5 Å². The van der Waals surface area contributed by atoms with Crippen LogP contribution in [0.25, 0.3) is 17.2 Å². The molecule has 1 aliphatic carbocycles. The van der Waals surface area contributed by atoms with Crippen molar-refractivity contribution in [3.8, 4) is 12.1 Å². The number of pyridine rings is 1. The third-order valence-electron chi connectivity index (χ3n) is 4.19. The van der Waals surface area contributed by atoms with E-state index in [4.69, 9.17) is 5.73 Å². The summed E-state index contributed by atoms with van der Waals surface area (Å²) in [5.41, 5.74) is 10.1. The molecule has 0 atom stereocenters. The van der Waals surface area contributed by atoms with Crippen LogP contribution >= 0.6 is 0 Å². The van der Waals surface area contributed by atoms with Crippen LogP contribution in [0.2, 0.25) is 0 Å². The number of benzene rings is 1. The van der Waals surface area contributed by atoms with E-state index in [1.54, 1.807) is 38.1 Å². The number of hydrogen-bond donors (Lipinski definition) is 1. The molecule has 1 heterocycles. The van der Waals surface area contributed by atoms with Gasteiger partial charge >= 0.3 is 0 Å². The number of hydrogen-bond acceptors (Lipinski definition) is 4. The highest BCUT2D eigenvalue weighted by Gasteiger charge is 2.29. The Labute approximate surface area is 139 Å². The highest BCUT2D eigenvalue weighted by molar-refractivity contribution is 6.08. The Balaban J connectivity index is 2.36. The molecular weight excluding hydrogens is 303 g/mol. The van der Waals surface area contributed by atoms with Gasteiger partial charge in [-0.2, -0.15) is 10.5 Å². The number of anilines is 1. The summed E-state index contributed by atoms with van der Waals surface area (Å²) in [4.78, 5) is 4.24. The zero-order chi connectivity index (χ0) is 17.4. The molecule has 0 fully saturated rings. The first-order chi connectivity index (χ1) is 11.5. The first-order valence-electron chi connectivity index (χ1n) is 7.28. The van der Waals surface area contributed by atoms with Crippen molar-refractivity contribution < 1.29 is 4.39 Å². The first kappa shape index (κ1) is 15.5. The van der Waals surface area contributed by atoms with Gasteiger partial charge in [0.25, 0.3) is 0 Å². The second-order valence-corrected chi connectivity index (χ2v) is 5.52. The maximum absolute atomic E-state index is 14.0. The monoisotopic (exact) mass is 316 g/mol. The molecule has 1 aromatic carbocycles. The van der Waals surface area contributed by atoms with Gasteiger partial charge in [0.15, 0.2) is 0 Å². The van der Waals surface area contributed by atoms with Gasteiger partial charge in [0.05, 0.1) is 16.8 Å². The molecule has 0 amide bonds. The molecule has 24 heavy (non-hydrogen) atoms. The van der Waals surface area contributed by atoms with E-state index in [1.165, 1.54) is 6.07 Å². The minimum absolute atomic E-state index is 0.0986. The number of nitrogen functional groups attached to an aromatic ring is 1. The summed E-state index contributed by atoms with van der Waals surface area (Å²) in [5.74, 6) is -0.257. The summed E-state index contributed by atoms with van der Waals surface area (Å²) in [5, 5.41) is 18.8. The smallest absolute Gasteiger partial charge is 0.142 e. The molecule has 0 spiro atoms. The van der Waals surface area contributed by atoms with Crippen LogP contribution in [-0.4, -0.2) is 4.98 Å². The summed E-state index contributed by atoms with van der Waals surface area (Å²) in [6.45, 7) is 3.55. The van der Waals surface area contributed by atoms with Gasteiger partial charge in [0, 0.05) is 11.1 Å². The number of nitriles is 2. The predicted octanol–water partition coefficient (Wildman–Crippen LogP) is 3.83. The van der Waals surface area contributed by atoms with E-state index in [2.05, 4.69) is 11.1 Å². The molecule has 2 aromatic rings. The zero-order valence-corrected chi connectivity index (χ0v) is 13.2. The van der Waals surface area contributed by atoms with Crippen LogP contribution in [0.4, 0.5) is 10.2 Å². The second-order valence-electron chi connectivity index (χ2n) is 5.52. The van der Waals surface area contributed by atoms with Crippen LogP contribution in [-0.2, 0) is 0 Å². The maximum atomic E-state index is 14.0. The van der Waals surface area contributed by atoms with Crippen molar-refractivity contribution in [3.63, 3.8) is 0 Å². The Hall–Kier alpha value is -3.44. The maximum Gasteiger partial charge on any atom is 0.142 e. The normalized spacial score (nSPS) is 14.5. The molecule has 1 aromatic heterocycles. The number of halogens is 1. The van der Waals surface area contributed by atoms with Crippen molar-refractivity contribution in [2.24, 2.45) is 0 Å². The van der Waals surface area contributed by atoms with Crippen LogP contribution < -0.4 is 5.73 Å². The SMILES string of the molecule is CC1=C(C#N)c2nc(N)c(C#N)c(C)c2/C1=C\c1ccccc1F. The third-order valence-corrected chi connectivity index (χ3v) is 4.19. The summed E-state index contributed by atoms with van der Waals surface area (Å²) in [6, 6.07) is 10.6. The lowest BCUT2D eigenvalue weighted by Crippen LogP contribution is -2.03. The van der Waals surface area contributed by atoms with Crippen LogP contribution in [0.5, 0.6) is 0 Å². The minimum Gasteiger partial charge on any atom is -0.383 e. The van der Waals surface area contributed by atoms with Crippen molar-refractivity contribution in [2.75, 3.05) is 5.73 Å². The fourth-order valence-corrected chi connectivity index (χ4v) is 2.94. The Morgan fingerprint density at radius 3 is 2.50 bits per heavy atom. The molecule has 3 rings (SSSR count). The van der Waals surface area contributed by atoms with E-state index in [9.17, 15) is 14.9 Å². The zero-order valence-electron chi connectivity index (χ0n) is 13.2. The number of nitrogens with two attached hydrogens (primary N) is 1. The molecular formula is C19H13FN4. The van der Waals surface area contributed by atoms with Crippen LogP contribution in [0.15, 0.2) is 29.8 Å². The van der Waals surface area contributed by atoms with E-state index in [-0.39, 0.29) is 17.2 Å². The standard InChI is InChI=1S/C19H13FN4/c1-10-13(7-12-5-3-4-6-16(12)20)17-11(2)15(9-22)19(23)24-18(17)14(10)8-21/h3-7H,1-2H3,(H2,23,24)/b13-7-. The summed E-state index contributed by atoms with van der Waals surface area (Å²) < 4.78 is 14.0. The van der Waals surface area contributed by atoms with E-state index >= 15 is 0 Å². The van der Waals surface area contributed by atoms with Gasteiger partial charge in [-0.15, -0.1) is 0 Å². The van der Waals surface area contributed by atoms with Crippen LogP contribution in [0.1, 0.15) is 34.9 Å². The lowest BCUT2D eigenvalue weighted by molar-refractivity contribution is 0.625. The van der Waals surface area contributed by atoms with Crippen LogP contribution in [0, 0.1) is 35.4 Å². The van der Waals surface area contributed by atoms with E-state index in [1.807, 2.05) is 6.07 Å². The average molecular weight is 316 g/mol. The van der Waals surface area contributed by atoms with Crippen molar-refractivity contribution in [1.29, 1.82) is 10.5 Å². The van der Waals surface area contributed by atoms with E-state index in [0.717, 1.165) is 0 Å². The third kappa shape index (κ3) is 2.15. The average Bonchev–Trinajstić information content (AvgIpc) is 2.81. The van der Waals surface area contributed by atoms with Crippen molar-refractivity contribution in [3.05, 3.63) is 63.6 Å². The molecule has 2 N–H and O–H groups in total. The first-order valence-corrected chi connectivity index (χ1v) is 7.28. The lowest BCUT2D eigenvalue weighted by Gasteiger charge is -2.11. The largest absolute Gasteiger partial charge is 0.383 e. The van der Waals surface area contributed by atoms with Gasteiger partial charge < -0.3 is 5.73 Å². The van der Waals surface area contributed by atoms with Crippen molar-refractivity contribution in [2.45, 2.75) is 13.8 Å². The number of nitrogens with zero attached hydrogens (tertiary/aromatic N) is 3. The minimum atomic E-state index is -0.355. The number of aromatic nitrogens is 1. The predicted molar refractivity (Wildman–Crippen MR) is 90.6 cm³/mol. The number of fused-ring (bicyclic) bond motifs is 1. The Morgan fingerprint density at radius 1 is 1.17 bits per heavy atom. The molecule has 4 nitrogen and oxygen atoms in total. The van der Waals surface area contributed by atoms with Gasteiger partial charge in [0.2, 0.25) is 0 Å². The van der Waals surface area contributed by atoms with Gasteiger partial charge in [-0.25, -0.2) is 9.37 Å². The molecule has 5 heteroatoms. The summed E-state index contributed by atoms with van der Waals surface area (Å²) in [6.07, 6.45) is 1.68. The van der Waals surface area contributed by atoms with E-state index in [0.29, 0.717) is 39.1 Å². The molecule has 0 radical (unpaired) electrons. The van der Waals surface area contributed by atoms with Crippen molar-refractivity contribution >= 4 is 23.0 Å². The van der Waals surface area contributed by atoms with Gasteiger partial charge in [-0.05, 0) is 42.7 Å². The van der Waals surface area contributed by atoms with Gasteiger partial charge in [-0.3, -0.25) is 0 Å². The molecule has 116 valence electrons. The van der Waals surface area contributed by atoms with Crippen LogP contribution in [0.3, 0.4) is 0 Å².